The highest BCUT2D eigenvalue weighted by molar-refractivity contribution is 6.17. The molecule has 2 unspecified atom stereocenters. The van der Waals surface area contributed by atoms with Gasteiger partial charge in [-0.2, -0.15) is 0 Å². The van der Waals surface area contributed by atoms with Crippen LogP contribution in [0.2, 0.25) is 0 Å². The summed E-state index contributed by atoms with van der Waals surface area (Å²) in [4.78, 5) is 0. The van der Waals surface area contributed by atoms with Gasteiger partial charge in [-0.05, 0) is 38.6 Å². The molecule has 0 aromatic heterocycles. The van der Waals surface area contributed by atoms with E-state index < -0.39 is 0 Å². The molecule has 2 heteroatoms. The molecule has 0 radical (unpaired) electrons. The van der Waals surface area contributed by atoms with Crippen molar-refractivity contribution in [1.82, 2.24) is 5.32 Å². The van der Waals surface area contributed by atoms with E-state index >= 15 is 0 Å². The fourth-order valence-electron chi connectivity index (χ4n) is 1.81. The Morgan fingerprint density at radius 1 is 1.07 bits per heavy atom. The third kappa shape index (κ3) is 7.64. The largest absolute Gasteiger partial charge is 0.314 e. The topological polar surface area (TPSA) is 12.0 Å². The molecule has 0 heterocycles. The van der Waals surface area contributed by atoms with Crippen LogP contribution >= 0.6 is 11.6 Å². The Bertz CT molecular complexity index is 111. The SMILES string of the molecule is CCCC(CCCl)CNC(C)CCC. The normalized spacial score (nSPS) is 15.4. The zero-order valence-electron chi connectivity index (χ0n) is 9.98. The summed E-state index contributed by atoms with van der Waals surface area (Å²) >= 11 is 5.78. The molecule has 0 aliphatic rings. The standard InChI is InChI=1S/C12H26ClN/c1-4-6-11(3)14-10-12(7-5-2)8-9-13/h11-12,14H,4-10H2,1-3H3. The van der Waals surface area contributed by atoms with Gasteiger partial charge in [0.2, 0.25) is 0 Å². The Kier molecular flexibility index (Phi) is 9.97. The van der Waals surface area contributed by atoms with E-state index in [1.165, 1.54) is 25.7 Å². The molecule has 1 nitrogen and oxygen atoms in total. The van der Waals surface area contributed by atoms with E-state index in [1.54, 1.807) is 0 Å². The number of nitrogens with one attached hydrogen (secondary N) is 1. The lowest BCUT2D eigenvalue weighted by Gasteiger charge is -2.19. The molecule has 1 N–H and O–H groups in total. The second kappa shape index (κ2) is 9.79. The van der Waals surface area contributed by atoms with Gasteiger partial charge in [0.05, 0.1) is 0 Å². The molecule has 14 heavy (non-hydrogen) atoms. The average Bonchev–Trinajstić information content (AvgIpc) is 2.15. The molecular weight excluding hydrogens is 194 g/mol. The van der Waals surface area contributed by atoms with Crippen molar-refractivity contribution in [2.75, 3.05) is 12.4 Å². The summed E-state index contributed by atoms with van der Waals surface area (Å²) < 4.78 is 0. The van der Waals surface area contributed by atoms with Crippen LogP contribution < -0.4 is 5.32 Å². The van der Waals surface area contributed by atoms with Crippen molar-refractivity contribution >= 4 is 11.6 Å². The van der Waals surface area contributed by atoms with Crippen LogP contribution in [0.15, 0.2) is 0 Å². The lowest BCUT2D eigenvalue weighted by Crippen LogP contribution is -2.31. The molecule has 86 valence electrons. The molecule has 0 rings (SSSR count). The van der Waals surface area contributed by atoms with Crippen LogP contribution in [0.3, 0.4) is 0 Å². The average molecular weight is 220 g/mol. The van der Waals surface area contributed by atoms with Crippen LogP contribution in [-0.4, -0.2) is 18.5 Å². The van der Waals surface area contributed by atoms with Gasteiger partial charge in [-0.3, -0.25) is 0 Å². The third-order valence-electron chi connectivity index (χ3n) is 2.69. The highest BCUT2D eigenvalue weighted by Gasteiger charge is 2.08. The molecule has 0 amide bonds. The minimum Gasteiger partial charge on any atom is -0.314 e. The van der Waals surface area contributed by atoms with E-state index in [0.29, 0.717) is 6.04 Å². The fraction of sp³-hybridized carbons (Fsp3) is 1.00. The zero-order chi connectivity index (χ0) is 10.8. The van der Waals surface area contributed by atoms with E-state index in [-0.39, 0.29) is 0 Å². The monoisotopic (exact) mass is 219 g/mol. The number of alkyl halides is 1. The second-order valence-electron chi connectivity index (χ2n) is 4.23. The highest BCUT2D eigenvalue weighted by atomic mass is 35.5. The van der Waals surface area contributed by atoms with Crippen molar-refractivity contribution in [3.05, 3.63) is 0 Å². The first kappa shape index (κ1) is 14.2. The maximum atomic E-state index is 5.78. The molecule has 0 aliphatic carbocycles. The summed E-state index contributed by atoms with van der Waals surface area (Å²) in [6.45, 7) is 7.89. The van der Waals surface area contributed by atoms with Gasteiger partial charge in [0.15, 0.2) is 0 Å². The molecule has 2 atom stereocenters. The minimum atomic E-state index is 0.662. The smallest absolute Gasteiger partial charge is 0.0226 e. The Hall–Kier alpha value is 0.250. The second-order valence-corrected chi connectivity index (χ2v) is 4.61. The van der Waals surface area contributed by atoms with E-state index in [2.05, 4.69) is 26.1 Å². The summed E-state index contributed by atoms with van der Waals surface area (Å²) in [5.41, 5.74) is 0. The molecule has 0 aliphatic heterocycles. The van der Waals surface area contributed by atoms with E-state index in [0.717, 1.165) is 24.8 Å². The van der Waals surface area contributed by atoms with E-state index in [9.17, 15) is 0 Å². The fourth-order valence-corrected chi connectivity index (χ4v) is 2.12. The third-order valence-corrected chi connectivity index (χ3v) is 2.91. The van der Waals surface area contributed by atoms with Crippen LogP contribution in [0, 0.1) is 5.92 Å². The first-order chi connectivity index (χ1) is 6.74. The van der Waals surface area contributed by atoms with Gasteiger partial charge in [-0.1, -0.05) is 26.7 Å². The molecule has 0 aromatic carbocycles. The summed E-state index contributed by atoms with van der Waals surface area (Å²) in [6, 6.07) is 0.662. The van der Waals surface area contributed by atoms with Crippen molar-refractivity contribution in [2.45, 2.75) is 58.9 Å². The van der Waals surface area contributed by atoms with E-state index in [1.807, 2.05) is 0 Å². The van der Waals surface area contributed by atoms with Gasteiger partial charge in [-0.25, -0.2) is 0 Å². The number of rotatable bonds is 9. The number of hydrogen-bond donors (Lipinski definition) is 1. The molecule has 0 fully saturated rings. The highest BCUT2D eigenvalue weighted by Crippen LogP contribution is 2.11. The van der Waals surface area contributed by atoms with Crippen LogP contribution in [-0.2, 0) is 0 Å². The van der Waals surface area contributed by atoms with Gasteiger partial charge in [-0.15, -0.1) is 11.6 Å². The minimum absolute atomic E-state index is 0.662. The Labute approximate surface area is 94.6 Å². The summed E-state index contributed by atoms with van der Waals surface area (Å²) in [6.07, 6.45) is 6.27. The number of hydrogen-bond acceptors (Lipinski definition) is 1. The summed E-state index contributed by atoms with van der Waals surface area (Å²) in [5, 5.41) is 3.59. The molecule has 0 saturated heterocycles. The maximum absolute atomic E-state index is 5.78. The summed E-state index contributed by atoms with van der Waals surface area (Å²) in [7, 11) is 0. The Morgan fingerprint density at radius 3 is 2.21 bits per heavy atom. The van der Waals surface area contributed by atoms with Gasteiger partial charge in [0.25, 0.3) is 0 Å². The van der Waals surface area contributed by atoms with Crippen molar-refractivity contribution in [3.8, 4) is 0 Å². The van der Waals surface area contributed by atoms with Gasteiger partial charge in [0, 0.05) is 11.9 Å². The van der Waals surface area contributed by atoms with Crippen molar-refractivity contribution < 1.29 is 0 Å². The van der Waals surface area contributed by atoms with Crippen molar-refractivity contribution in [3.63, 3.8) is 0 Å². The van der Waals surface area contributed by atoms with Crippen molar-refractivity contribution in [1.29, 1.82) is 0 Å². The lowest BCUT2D eigenvalue weighted by atomic mass is 10.00. The molecular formula is C12H26ClN. The van der Waals surface area contributed by atoms with Gasteiger partial charge >= 0.3 is 0 Å². The zero-order valence-corrected chi connectivity index (χ0v) is 10.7. The predicted octanol–water partition coefficient (Wildman–Crippen LogP) is 3.81. The quantitative estimate of drug-likeness (QED) is 0.582. The van der Waals surface area contributed by atoms with Crippen LogP contribution in [0.5, 0.6) is 0 Å². The maximum Gasteiger partial charge on any atom is 0.0226 e. The van der Waals surface area contributed by atoms with Crippen molar-refractivity contribution in [2.24, 2.45) is 5.92 Å². The van der Waals surface area contributed by atoms with Crippen LogP contribution in [0.1, 0.15) is 52.9 Å². The summed E-state index contributed by atoms with van der Waals surface area (Å²) in [5.74, 6) is 1.57. The Morgan fingerprint density at radius 2 is 1.71 bits per heavy atom. The molecule has 0 aromatic rings. The van der Waals surface area contributed by atoms with Crippen LogP contribution in [0.4, 0.5) is 0 Å². The van der Waals surface area contributed by atoms with E-state index in [4.69, 9.17) is 11.6 Å². The molecule has 0 saturated carbocycles. The Balaban J connectivity index is 3.57. The first-order valence-electron chi connectivity index (χ1n) is 6.03. The molecule has 0 spiro atoms. The molecule has 0 bridgehead atoms. The van der Waals surface area contributed by atoms with Crippen LogP contribution in [0.25, 0.3) is 0 Å². The first-order valence-corrected chi connectivity index (χ1v) is 6.57. The van der Waals surface area contributed by atoms with Gasteiger partial charge in [0.1, 0.15) is 0 Å². The lowest BCUT2D eigenvalue weighted by molar-refractivity contribution is 0.394. The number of halogens is 1. The van der Waals surface area contributed by atoms with Gasteiger partial charge < -0.3 is 5.32 Å². The predicted molar refractivity (Wildman–Crippen MR) is 66.1 cm³/mol.